The molecule has 1 aromatic heterocycles. The van der Waals surface area contributed by atoms with Crippen LogP contribution in [0.15, 0.2) is 47.5 Å². The molecule has 0 saturated heterocycles. The highest BCUT2D eigenvalue weighted by Gasteiger charge is 2.18. The van der Waals surface area contributed by atoms with Crippen LogP contribution in [-0.2, 0) is 20.8 Å². The van der Waals surface area contributed by atoms with E-state index < -0.39 is 17.8 Å². The minimum atomic E-state index is -0.609. The normalized spacial score (nSPS) is 11.5. The summed E-state index contributed by atoms with van der Waals surface area (Å²) in [6.45, 7) is 3.36. The predicted octanol–water partition coefficient (Wildman–Crippen LogP) is 3.05. The summed E-state index contributed by atoms with van der Waals surface area (Å²) >= 11 is 1.26. The molecule has 0 bridgehead atoms. The molecule has 0 aliphatic heterocycles. The maximum atomic E-state index is 12.9. The molecule has 8 nitrogen and oxygen atoms in total. The van der Waals surface area contributed by atoms with E-state index in [-0.39, 0.29) is 11.1 Å². The Balaban J connectivity index is 2.12. The fourth-order valence-electron chi connectivity index (χ4n) is 3.02. The van der Waals surface area contributed by atoms with Crippen LogP contribution < -0.4 is 4.80 Å². The lowest BCUT2D eigenvalue weighted by atomic mass is 10.1. The van der Waals surface area contributed by atoms with Crippen molar-refractivity contribution in [1.82, 2.24) is 4.57 Å². The molecule has 2 aromatic carbocycles. The van der Waals surface area contributed by atoms with Crippen molar-refractivity contribution in [3.63, 3.8) is 0 Å². The Morgan fingerprint density at radius 3 is 2.39 bits per heavy atom. The van der Waals surface area contributed by atoms with Crippen molar-refractivity contribution < 1.29 is 28.6 Å². The Hall–Kier alpha value is -3.30. The zero-order valence-electron chi connectivity index (χ0n) is 17.4. The van der Waals surface area contributed by atoms with Crippen LogP contribution >= 0.6 is 11.3 Å². The minimum Gasteiger partial charge on any atom is -0.465 e. The number of carbonyl (C=O) groups is 3. The number of fused-ring (bicyclic) bond motifs is 1. The van der Waals surface area contributed by atoms with E-state index >= 15 is 0 Å². The van der Waals surface area contributed by atoms with Crippen molar-refractivity contribution >= 4 is 39.4 Å². The number of carbonyl (C=O) groups excluding carboxylic acids is 3. The Labute approximate surface area is 182 Å². The van der Waals surface area contributed by atoms with Crippen LogP contribution in [0.4, 0.5) is 0 Å². The molecule has 162 valence electrons. The van der Waals surface area contributed by atoms with Crippen molar-refractivity contribution in [2.45, 2.75) is 13.5 Å². The van der Waals surface area contributed by atoms with Gasteiger partial charge in [-0.1, -0.05) is 23.5 Å². The Kier molecular flexibility index (Phi) is 7.32. The summed E-state index contributed by atoms with van der Waals surface area (Å²) in [6, 6.07) is 11.5. The van der Waals surface area contributed by atoms with Crippen LogP contribution in [-0.4, -0.2) is 49.8 Å². The lowest BCUT2D eigenvalue weighted by molar-refractivity contribution is 0.0590. The van der Waals surface area contributed by atoms with Gasteiger partial charge in [-0.2, -0.15) is 4.99 Å². The monoisotopic (exact) mass is 442 g/mol. The number of esters is 2. The number of methoxy groups -OCH3 is 2. The fourth-order valence-corrected chi connectivity index (χ4v) is 4.12. The van der Waals surface area contributed by atoms with Crippen LogP contribution in [0.1, 0.15) is 38.0 Å². The van der Waals surface area contributed by atoms with E-state index in [4.69, 9.17) is 14.2 Å². The first kappa shape index (κ1) is 22.4. The van der Waals surface area contributed by atoms with Crippen molar-refractivity contribution in [3.05, 3.63) is 64.0 Å². The first-order valence-electron chi connectivity index (χ1n) is 9.56. The lowest BCUT2D eigenvalue weighted by Gasteiger charge is -2.06. The molecular formula is C22H22N2O6S. The standard InChI is InChI=1S/C22H22N2O6S/c1-4-30-12-11-24-17-10-9-14(20(26)28-2)13-18(17)31-22(24)23-19(25)15-7-5-6-8-16(15)21(27)29-3/h5-10,13H,4,11-12H2,1-3H3. The quantitative estimate of drug-likeness (QED) is 0.412. The number of amides is 1. The van der Waals surface area contributed by atoms with Gasteiger partial charge >= 0.3 is 11.9 Å². The molecule has 0 spiro atoms. The Bertz CT molecular complexity index is 1190. The lowest BCUT2D eigenvalue weighted by Crippen LogP contribution is -2.20. The average molecular weight is 442 g/mol. The summed E-state index contributed by atoms with van der Waals surface area (Å²) < 4.78 is 17.6. The molecule has 0 fully saturated rings. The Morgan fingerprint density at radius 2 is 1.71 bits per heavy atom. The van der Waals surface area contributed by atoms with Crippen LogP contribution in [0.25, 0.3) is 10.2 Å². The highest BCUT2D eigenvalue weighted by atomic mass is 32.1. The molecule has 9 heteroatoms. The van der Waals surface area contributed by atoms with E-state index in [0.717, 1.165) is 10.2 Å². The second-order valence-corrected chi connectivity index (χ2v) is 7.37. The maximum Gasteiger partial charge on any atom is 0.338 e. The molecule has 0 aliphatic rings. The van der Waals surface area contributed by atoms with Gasteiger partial charge in [-0.3, -0.25) is 4.79 Å². The van der Waals surface area contributed by atoms with E-state index in [0.29, 0.717) is 30.1 Å². The molecule has 0 saturated carbocycles. The SMILES string of the molecule is CCOCCn1c(=NC(=O)c2ccccc2C(=O)OC)sc2cc(C(=O)OC)ccc21. The van der Waals surface area contributed by atoms with Gasteiger partial charge in [-0.15, -0.1) is 0 Å². The van der Waals surface area contributed by atoms with E-state index in [1.54, 1.807) is 30.3 Å². The molecule has 1 heterocycles. The number of aromatic nitrogens is 1. The highest BCUT2D eigenvalue weighted by molar-refractivity contribution is 7.16. The molecule has 0 aliphatic carbocycles. The van der Waals surface area contributed by atoms with E-state index in [9.17, 15) is 14.4 Å². The summed E-state index contributed by atoms with van der Waals surface area (Å²) in [6.07, 6.45) is 0. The summed E-state index contributed by atoms with van der Waals surface area (Å²) in [5.74, 6) is -1.62. The van der Waals surface area contributed by atoms with Gasteiger partial charge in [0.05, 0.1) is 47.7 Å². The van der Waals surface area contributed by atoms with Crippen molar-refractivity contribution in [2.24, 2.45) is 4.99 Å². The molecule has 31 heavy (non-hydrogen) atoms. The number of ether oxygens (including phenoxy) is 3. The topological polar surface area (TPSA) is 96.2 Å². The third-order valence-electron chi connectivity index (χ3n) is 4.53. The van der Waals surface area contributed by atoms with E-state index in [1.165, 1.54) is 37.7 Å². The smallest absolute Gasteiger partial charge is 0.338 e. The number of thiazole rings is 1. The van der Waals surface area contributed by atoms with Crippen LogP contribution in [0.5, 0.6) is 0 Å². The van der Waals surface area contributed by atoms with Crippen molar-refractivity contribution in [2.75, 3.05) is 27.4 Å². The second kappa shape index (κ2) is 10.1. The predicted molar refractivity (Wildman–Crippen MR) is 115 cm³/mol. The van der Waals surface area contributed by atoms with Gasteiger partial charge in [0.15, 0.2) is 4.80 Å². The van der Waals surface area contributed by atoms with Crippen LogP contribution in [0.2, 0.25) is 0 Å². The van der Waals surface area contributed by atoms with Gasteiger partial charge in [-0.25, -0.2) is 9.59 Å². The summed E-state index contributed by atoms with van der Waals surface area (Å²) in [4.78, 5) is 41.6. The van der Waals surface area contributed by atoms with Gasteiger partial charge in [-0.05, 0) is 37.3 Å². The number of nitrogens with zero attached hydrogens (tertiary/aromatic N) is 2. The molecule has 3 aromatic rings. The van der Waals surface area contributed by atoms with Crippen molar-refractivity contribution in [1.29, 1.82) is 0 Å². The minimum absolute atomic E-state index is 0.147. The zero-order chi connectivity index (χ0) is 22.4. The first-order valence-corrected chi connectivity index (χ1v) is 10.4. The first-order chi connectivity index (χ1) is 15.0. The zero-order valence-corrected chi connectivity index (χ0v) is 18.2. The molecule has 0 N–H and O–H groups in total. The Morgan fingerprint density at radius 1 is 1.00 bits per heavy atom. The largest absolute Gasteiger partial charge is 0.465 e. The van der Waals surface area contributed by atoms with Gasteiger partial charge in [0.25, 0.3) is 5.91 Å². The molecule has 0 unspecified atom stereocenters. The fraction of sp³-hybridized carbons (Fsp3) is 0.273. The number of hydrogen-bond acceptors (Lipinski definition) is 7. The van der Waals surface area contributed by atoms with Gasteiger partial charge < -0.3 is 18.8 Å². The third-order valence-corrected chi connectivity index (χ3v) is 5.57. The molecule has 1 amide bonds. The van der Waals surface area contributed by atoms with Gasteiger partial charge in [0.2, 0.25) is 0 Å². The molecular weight excluding hydrogens is 420 g/mol. The molecule has 0 atom stereocenters. The van der Waals surface area contributed by atoms with Crippen LogP contribution in [0.3, 0.4) is 0 Å². The second-order valence-electron chi connectivity index (χ2n) is 6.36. The van der Waals surface area contributed by atoms with Gasteiger partial charge in [0, 0.05) is 13.2 Å². The van der Waals surface area contributed by atoms with Crippen molar-refractivity contribution in [3.8, 4) is 0 Å². The van der Waals surface area contributed by atoms with Gasteiger partial charge in [0.1, 0.15) is 0 Å². The van der Waals surface area contributed by atoms with Crippen LogP contribution in [0, 0.1) is 0 Å². The maximum absolute atomic E-state index is 12.9. The number of rotatable bonds is 7. The summed E-state index contributed by atoms with van der Waals surface area (Å²) in [5.41, 5.74) is 1.51. The average Bonchev–Trinajstić information content (AvgIpc) is 3.14. The van der Waals surface area contributed by atoms with E-state index in [1.807, 2.05) is 11.5 Å². The third kappa shape index (κ3) is 4.89. The highest BCUT2D eigenvalue weighted by Crippen LogP contribution is 2.20. The summed E-state index contributed by atoms with van der Waals surface area (Å²) in [5, 5.41) is 0. The number of hydrogen-bond donors (Lipinski definition) is 0. The van der Waals surface area contributed by atoms with E-state index in [2.05, 4.69) is 4.99 Å². The summed E-state index contributed by atoms with van der Waals surface area (Å²) in [7, 11) is 2.58. The molecule has 3 rings (SSSR count). The molecule has 0 radical (unpaired) electrons. The number of benzene rings is 2.